The number of nitrogens with one attached hydrogen (secondary N) is 1. The summed E-state index contributed by atoms with van der Waals surface area (Å²) >= 11 is 0. The lowest BCUT2D eigenvalue weighted by molar-refractivity contribution is 0.0784. The van der Waals surface area contributed by atoms with Gasteiger partial charge < -0.3 is 9.88 Å². The molecular weight excluding hydrogens is 292 g/mol. The highest BCUT2D eigenvalue weighted by molar-refractivity contribution is 5.92. The first kappa shape index (κ1) is 13.8. The zero-order valence-electron chi connectivity index (χ0n) is 12.7. The van der Waals surface area contributed by atoms with Crippen LogP contribution in [0.1, 0.15) is 34.2 Å². The number of rotatable bonds is 2. The lowest BCUT2D eigenvalue weighted by atomic mass is 10.1. The van der Waals surface area contributed by atoms with Crippen LogP contribution in [0.15, 0.2) is 30.9 Å². The van der Waals surface area contributed by atoms with Crippen LogP contribution in [0.3, 0.4) is 0 Å². The third kappa shape index (κ3) is 2.54. The summed E-state index contributed by atoms with van der Waals surface area (Å²) in [5.41, 5.74) is 3.93. The molecule has 4 rings (SSSR count). The van der Waals surface area contributed by atoms with Crippen LogP contribution in [0.4, 0.5) is 0 Å². The van der Waals surface area contributed by atoms with Crippen molar-refractivity contribution in [2.45, 2.75) is 19.3 Å². The monoisotopic (exact) mass is 308 g/mol. The van der Waals surface area contributed by atoms with Crippen molar-refractivity contribution >= 4 is 17.1 Å². The molecule has 0 aliphatic carbocycles. The SMILES string of the molecule is Cc1cnc(C(=O)N2CCC(c3cc4nccnc4[nH]3)C2)cn1. The number of nitrogens with zero attached hydrogens (tertiary/aromatic N) is 5. The molecule has 3 aromatic heterocycles. The van der Waals surface area contributed by atoms with E-state index in [1.54, 1.807) is 24.8 Å². The summed E-state index contributed by atoms with van der Waals surface area (Å²) in [5, 5.41) is 0. The van der Waals surface area contributed by atoms with E-state index in [1.165, 1.54) is 0 Å². The van der Waals surface area contributed by atoms with Crippen molar-refractivity contribution < 1.29 is 4.79 Å². The standard InChI is InChI=1S/C16H16N6O/c1-10-7-20-14(8-19-10)16(23)22-5-2-11(9-22)12-6-13-15(21-12)18-4-3-17-13/h3-4,6-8,11H,2,5,9H2,1H3,(H,18,21). The molecule has 1 atom stereocenters. The number of aryl methyl sites for hydroxylation is 1. The van der Waals surface area contributed by atoms with Crippen molar-refractivity contribution in [2.24, 2.45) is 0 Å². The Kier molecular flexibility index (Phi) is 3.25. The van der Waals surface area contributed by atoms with Crippen LogP contribution >= 0.6 is 0 Å². The zero-order chi connectivity index (χ0) is 15.8. The van der Waals surface area contributed by atoms with Gasteiger partial charge in [-0.05, 0) is 19.4 Å². The van der Waals surface area contributed by atoms with E-state index in [0.29, 0.717) is 12.2 Å². The lowest BCUT2D eigenvalue weighted by Gasteiger charge is -2.15. The van der Waals surface area contributed by atoms with Crippen LogP contribution in [0.25, 0.3) is 11.2 Å². The Morgan fingerprint density at radius 1 is 1.22 bits per heavy atom. The number of likely N-dealkylation sites (tertiary alicyclic amines) is 1. The molecule has 0 aromatic carbocycles. The number of fused-ring (bicyclic) bond motifs is 1. The summed E-state index contributed by atoms with van der Waals surface area (Å²) in [5.74, 6) is 0.209. The third-order valence-corrected chi connectivity index (χ3v) is 4.20. The first-order chi connectivity index (χ1) is 11.2. The molecule has 4 heterocycles. The Labute approximate surface area is 132 Å². The fraction of sp³-hybridized carbons (Fsp3) is 0.312. The molecule has 1 saturated heterocycles. The van der Waals surface area contributed by atoms with E-state index in [4.69, 9.17) is 0 Å². The highest BCUT2D eigenvalue weighted by atomic mass is 16.2. The Bertz CT molecular complexity index is 823. The third-order valence-electron chi connectivity index (χ3n) is 4.20. The normalized spacial score (nSPS) is 17.8. The largest absolute Gasteiger partial charge is 0.342 e. The van der Waals surface area contributed by atoms with Crippen molar-refractivity contribution in [2.75, 3.05) is 13.1 Å². The quantitative estimate of drug-likeness (QED) is 0.778. The summed E-state index contributed by atoms with van der Waals surface area (Å²) in [6, 6.07) is 2.02. The zero-order valence-corrected chi connectivity index (χ0v) is 12.7. The fourth-order valence-electron chi connectivity index (χ4n) is 2.95. The van der Waals surface area contributed by atoms with Gasteiger partial charge in [0, 0.05) is 43.3 Å². The molecule has 1 aliphatic rings. The van der Waals surface area contributed by atoms with E-state index in [9.17, 15) is 4.79 Å². The molecule has 0 radical (unpaired) electrons. The van der Waals surface area contributed by atoms with Crippen LogP contribution in [-0.2, 0) is 0 Å². The summed E-state index contributed by atoms with van der Waals surface area (Å²) < 4.78 is 0. The summed E-state index contributed by atoms with van der Waals surface area (Å²) in [6.45, 7) is 3.24. The topological polar surface area (TPSA) is 87.7 Å². The van der Waals surface area contributed by atoms with Crippen molar-refractivity contribution in [3.8, 4) is 0 Å². The smallest absolute Gasteiger partial charge is 0.274 e. The van der Waals surface area contributed by atoms with Gasteiger partial charge in [-0.3, -0.25) is 14.8 Å². The molecule has 3 aromatic rings. The minimum Gasteiger partial charge on any atom is -0.342 e. The van der Waals surface area contributed by atoms with Gasteiger partial charge in [0.05, 0.1) is 11.9 Å². The average Bonchev–Trinajstić information content (AvgIpc) is 3.21. The molecule has 7 heteroatoms. The highest BCUT2D eigenvalue weighted by Crippen LogP contribution is 2.28. The Morgan fingerprint density at radius 2 is 2.09 bits per heavy atom. The number of aromatic nitrogens is 5. The van der Waals surface area contributed by atoms with Crippen LogP contribution in [0, 0.1) is 6.92 Å². The number of H-pyrrole nitrogens is 1. The van der Waals surface area contributed by atoms with E-state index in [-0.39, 0.29) is 11.8 Å². The Balaban J connectivity index is 1.52. The van der Waals surface area contributed by atoms with Crippen molar-refractivity contribution in [3.05, 3.63) is 47.9 Å². The molecule has 0 spiro atoms. The summed E-state index contributed by atoms with van der Waals surface area (Å²) in [6.07, 6.45) is 7.43. The maximum absolute atomic E-state index is 12.5. The molecule has 1 fully saturated rings. The Morgan fingerprint density at radius 3 is 2.87 bits per heavy atom. The highest BCUT2D eigenvalue weighted by Gasteiger charge is 2.29. The maximum Gasteiger partial charge on any atom is 0.274 e. The predicted molar refractivity (Wildman–Crippen MR) is 83.9 cm³/mol. The molecule has 0 saturated carbocycles. The van der Waals surface area contributed by atoms with Gasteiger partial charge in [0.25, 0.3) is 5.91 Å². The van der Waals surface area contributed by atoms with Gasteiger partial charge in [-0.2, -0.15) is 0 Å². The van der Waals surface area contributed by atoms with E-state index in [1.807, 2.05) is 17.9 Å². The van der Waals surface area contributed by atoms with Crippen LogP contribution < -0.4 is 0 Å². The number of aromatic amines is 1. The van der Waals surface area contributed by atoms with E-state index < -0.39 is 0 Å². The van der Waals surface area contributed by atoms with Crippen LogP contribution in [0.2, 0.25) is 0 Å². The number of carbonyl (C=O) groups excluding carboxylic acids is 1. The summed E-state index contributed by atoms with van der Waals surface area (Å²) in [7, 11) is 0. The molecule has 1 N–H and O–H groups in total. The molecule has 1 aliphatic heterocycles. The number of hydrogen-bond donors (Lipinski definition) is 1. The molecule has 116 valence electrons. The van der Waals surface area contributed by atoms with Crippen LogP contribution in [-0.4, -0.2) is 48.8 Å². The summed E-state index contributed by atoms with van der Waals surface area (Å²) in [4.78, 5) is 34.5. The van der Waals surface area contributed by atoms with Gasteiger partial charge in [0.15, 0.2) is 5.65 Å². The van der Waals surface area contributed by atoms with Crippen molar-refractivity contribution in [3.63, 3.8) is 0 Å². The molecule has 7 nitrogen and oxygen atoms in total. The second-order valence-electron chi connectivity index (χ2n) is 5.79. The number of hydrogen-bond acceptors (Lipinski definition) is 5. The van der Waals surface area contributed by atoms with Gasteiger partial charge in [-0.1, -0.05) is 0 Å². The van der Waals surface area contributed by atoms with E-state index >= 15 is 0 Å². The second kappa shape index (κ2) is 5.42. The minimum atomic E-state index is -0.0626. The Hall–Kier alpha value is -2.83. The number of carbonyl (C=O) groups is 1. The molecular formula is C16H16N6O. The molecule has 1 amide bonds. The van der Waals surface area contributed by atoms with E-state index in [2.05, 4.69) is 24.9 Å². The second-order valence-corrected chi connectivity index (χ2v) is 5.79. The van der Waals surface area contributed by atoms with E-state index in [0.717, 1.165) is 35.5 Å². The van der Waals surface area contributed by atoms with Crippen LogP contribution in [0.5, 0.6) is 0 Å². The van der Waals surface area contributed by atoms with Gasteiger partial charge >= 0.3 is 0 Å². The minimum absolute atomic E-state index is 0.0626. The van der Waals surface area contributed by atoms with Gasteiger partial charge in [-0.15, -0.1) is 0 Å². The predicted octanol–water partition coefficient (Wildman–Crippen LogP) is 1.69. The van der Waals surface area contributed by atoms with Gasteiger partial charge in [0.1, 0.15) is 11.2 Å². The molecule has 1 unspecified atom stereocenters. The fourth-order valence-corrected chi connectivity index (χ4v) is 2.95. The van der Waals surface area contributed by atoms with Gasteiger partial charge in [0.2, 0.25) is 0 Å². The van der Waals surface area contributed by atoms with Crippen molar-refractivity contribution in [1.82, 2.24) is 29.8 Å². The first-order valence-electron chi connectivity index (χ1n) is 7.58. The molecule has 0 bridgehead atoms. The number of amides is 1. The lowest BCUT2D eigenvalue weighted by Crippen LogP contribution is -2.29. The van der Waals surface area contributed by atoms with Crippen molar-refractivity contribution in [1.29, 1.82) is 0 Å². The molecule has 23 heavy (non-hydrogen) atoms. The average molecular weight is 308 g/mol. The first-order valence-corrected chi connectivity index (χ1v) is 7.58. The van der Waals surface area contributed by atoms with Gasteiger partial charge in [-0.25, -0.2) is 9.97 Å². The maximum atomic E-state index is 12.5.